The fourth-order valence-corrected chi connectivity index (χ4v) is 2.98. The highest BCUT2D eigenvalue weighted by molar-refractivity contribution is 7.99. The number of nitrogens with zero attached hydrogens (tertiary/aromatic N) is 2. The SMILES string of the molecule is CC(=O)Nc1ccc(-c2nnc(SCC(=O)NNC(=O)Cc3ccccc3)o2)cc1. The van der Waals surface area contributed by atoms with Crippen molar-refractivity contribution in [2.24, 2.45) is 0 Å². The molecule has 0 saturated heterocycles. The molecule has 0 unspecified atom stereocenters. The molecule has 0 radical (unpaired) electrons. The summed E-state index contributed by atoms with van der Waals surface area (Å²) in [4.78, 5) is 34.8. The number of hydrogen-bond donors (Lipinski definition) is 3. The van der Waals surface area contributed by atoms with Gasteiger partial charge in [-0.2, -0.15) is 0 Å². The van der Waals surface area contributed by atoms with E-state index in [9.17, 15) is 14.4 Å². The molecule has 3 aromatic rings. The number of anilines is 1. The van der Waals surface area contributed by atoms with Gasteiger partial charge >= 0.3 is 0 Å². The number of thioether (sulfide) groups is 1. The fourth-order valence-electron chi connectivity index (χ4n) is 2.41. The van der Waals surface area contributed by atoms with Crippen LogP contribution in [-0.2, 0) is 20.8 Å². The van der Waals surface area contributed by atoms with Crippen LogP contribution in [0.2, 0.25) is 0 Å². The van der Waals surface area contributed by atoms with Crippen molar-refractivity contribution in [3.63, 3.8) is 0 Å². The minimum Gasteiger partial charge on any atom is -0.411 e. The lowest BCUT2D eigenvalue weighted by Crippen LogP contribution is -2.43. The number of carbonyl (C=O) groups excluding carboxylic acids is 3. The molecule has 30 heavy (non-hydrogen) atoms. The summed E-state index contributed by atoms with van der Waals surface area (Å²) in [6.07, 6.45) is 0.169. The van der Waals surface area contributed by atoms with Gasteiger partial charge in [-0.3, -0.25) is 25.2 Å². The monoisotopic (exact) mass is 425 g/mol. The topological polar surface area (TPSA) is 126 Å². The fraction of sp³-hybridized carbons (Fsp3) is 0.150. The van der Waals surface area contributed by atoms with Crippen molar-refractivity contribution in [1.82, 2.24) is 21.0 Å². The summed E-state index contributed by atoms with van der Waals surface area (Å²) < 4.78 is 5.53. The Hall–Kier alpha value is -3.66. The van der Waals surface area contributed by atoms with Gasteiger partial charge in [-0.25, -0.2) is 0 Å². The predicted molar refractivity (Wildman–Crippen MR) is 111 cm³/mol. The molecule has 1 heterocycles. The summed E-state index contributed by atoms with van der Waals surface area (Å²) in [5, 5.41) is 10.7. The first-order chi connectivity index (χ1) is 14.5. The molecule has 0 bridgehead atoms. The highest BCUT2D eigenvalue weighted by atomic mass is 32.2. The molecular formula is C20H19N5O4S. The van der Waals surface area contributed by atoms with E-state index < -0.39 is 5.91 Å². The van der Waals surface area contributed by atoms with E-state index in [-0.39, 0.29) is 29.2 Å². The molecule has 0 aliphatic carbocycles. The quantitative estimate of drug-likeness (QED) is 0.391. The van der Waals surface area contributed by atoms with Crippen molar-refractivity contribution >= 4 is 35.2 Å². The Kier molecular flexibility index (Phi) is 7.17. The zero-order valence-electron chi connectivity index (χ0n) is 16.0. The first-order valence-corrected chi connectivity index (χ1v) is 9.94. The number of hydrogen-bond acceptors (Lipinski definition) is 7. The van der Waals surface area contributed by atoms with Crippen LogP contribution in [0.4, 0.5) is 5.69 Å². The maximum absolute atomic E-state index is 11.9. The summed E-state index contributed by atoms with van der Waals surface area (Å²) in [5.41, 5.74) is 6.91. The van der Waals surface area contributed by atoms with Crippen LogP contribution < -0.4 is 16.2 Å². The summed E-state index contributed by atoms with van der Waals surface area (Å²) in [5.74, 6) is -0.588. The van der Waals surface area contributed by atoms with E-state index in [0.29, 0.717) is 17.1 Å². The molecule has 3 amide bonds. The average molecular weight is 425 g/mol. The molecule has 0 aliphatic heterocycles. The molecule has 3 rings (SSSR count). The largest absolute Gasteiger partial charge is 0.411 e. The van der Waals surface area contributed by atoms with Gasteiger partial charge in [-0.1, -0.05) is 42.1 Å². The van der Waals surface area contributed by atoms with Crippen molar-refractivity contribution in [3.05, 3.63) is 60.2 Å². The average Bonchev–Trinajstić information content (AvgIpc) is 3.21. The number of benzene rings is 2. The van der Waals surface area contributed by atoms with Gasteiger partial charge in [0.2, 0.25) is 23.6 Å². The third-order valence-electron chi connectivity index (χ3n) is 3.73. The minimum absolute atomic E-state index is 0.00524. The van der Waals surface area contributed by atoms with Gasteiger partial charge in [0.25, 0.3) is 5.22 Å². The number of nitrogens with one attached hydrogen (secondary N) is 3. The highest BCUT2D eigenvalue weighted by Gasteiger charge is 2.12. The van der Waals surface area contributed by atoms with Crippen LogP contribution in [0.1, 0.15) is 12.5 Å². The first-order valence-electron chi connectivity index (χ1n) is 8.95. The molecule has 0 saturated carbocycles. The second-order valence-electron chi connectivity index (χ2n) is 6.18. The summed E-state index contributed by atoms with van der Waals surface area (Å²) in [7, 11) is 0. The lowest BCUT2D eigenvalue weighted by Gasteiger charge is -2.06. The van der Waals surface area contributed by atoms with Gasteiger partial charge in [0, 0.05) is 18.2 Å². The molecule has 9 nitrogen and oxygen atoms in total. The normalized spacial score (nSPS) is 10.3. The van der Waals surface area contributed by atoms with E-state index in [4.69, 9.17) is 4.42 Å². The molecule has 3 N–H and O–H groups in total. The Balaban J connectivity index is 1.44. The standard InChI is InChI=1S/C20H19N5O4S/c1-13(26)21-16-9-7-15(8-10-16)19-24-25-20(29-19)30-12-18(28)23-22-17(27)11-14-5-3-2-4-6-14/h2-10H,11-12H2,1H3,(H,21,26)(H,22,27)(H,23,28). The number of rotatable bonds is 7. The smallest absolute Gasteiger partial charge is 0.277 e. The second-order valence-corrected chi connectivity index (χ2v) is 7.11. The summed E-state index contributed by atoms with van der Waals surface area (Å²) >= 11 is 1.05. The van der Waals surface area contributed by atoms with Crippen LogP contribution in [0.15, 0.2) is 64.2 Å². The van der Waals surface area contributed by atoms with E-state index in [0.717, 1.165) is 17.3 Å². The van der Waals surface area contributed by atoms with Crippen molar-refractivity contribution in [2.45, 2.75) is 18.6 Å². The molecule has 0 atom stereocenters. The number of aromatic nitrogens is 2. The minimum atomic E-state index is -0.402. The Morgan fingerprint density at radius 3 is 2.33 bits per heavy atom. The van der Waals surface area contributed by atoms with E-state index >= 15 is 0 Å². The van der Waals surface area contributed by atoms with Crippen LogP contribution >= 0.6 is 11.8 Å². The maximum Gasteiger partial charge on any atom is 0.277 e. The molecule has 0 aliphatic rings. The Bertz CT molecular complexity index is 1020. The molecule has 1 aromatic heterocycles. The van der Waals surface area contributed by atoms with Gasteiger partial charge < -0.3 is 9.73 Å². The highest BCUT2D eigenvalue weighted by Crippen LogP contribution is 2.24. The Labute approximate surface area is 176 Å². The van der Waals surface area contributed by atoms with Gasteiger partial charge in [-0.15, -0.1) is 10.2 Å². The number of carbonyl (C=O) groups is 3. The Morgan fingerprint density at radius 2 is 1.63 bits per heavy atom. The zero-order valence-corrected chi connectivity index (χ0v) is 16.9. The lowest BCUT2D eigenvalue weighted by molar-refractivity contribution is -0.127. The molecule has 2 aromatic carbocycles. The van der Waals surface area contributed by atoms with E-state index in [2.05, 4.69) is 26.4 Å². The number of hydrazine groups is 1. The molecule has 10 heteroatoms. The molecular weight excluding hydrogens is 406 g/mol. The van der Waals surface area contributed by atoms with Crippen molar-refractivity contribution < 1.29 is 18.8 Å². The summed E-state index contributed by atoms with van der Waals surface area (Å²) in [6.45, 7) is 1.43. The van der Waals surface area contributed by atoms with Crippen LogP contribution in [0.5, 0.6) is 0 Å². The number of amides is 3. The van der Waals surface area contributed by atoms with E-state index in [1.54, 1.807) is 24.3 Å². The van der Waals surface area contributed by atoms with Gasteiger partial charge in [0.15, 0.2) is 0 Å². The van der Waals surface area contributed by atoms with Crippen molar-refractivity contribution in [3.8, 4) is 11.5 Å². The molecule has 0 spiro atoms. The lowest BCUT2D eigenvalue weighted by atomic mass is 10.1. The van der Waals surface area contributed by atoms with Gasteiger partial charge in [0.1, 0.15) is 0 Å². The van der Waals surface area contributed by atoms with Gasteiger partial charge in [0.05, 0.1) is 12.2 Å². The third-order valence-corrected chi connectivity index (χ3v) is 4.55. The predicted octanol–water partition coefficient (Wildman–Crippen LogP) is 2.18. The van der Waals surface area contributed by atoms with E-state index in [1.807, 2.05) is 30.3 Å². The maximum atomic E-state index is 11.9. The molecule has 0 fully saturated rings. The second kappa shape index (κ2) is 10.2. The van der Waals surface area contributed by atoms with Crippen LogP contribution in [0, 0.1) is 0 Å². The van der Waals surface area contributed by atoms with Gasteiger partial charge in [-0.05, 0) is 29.8 Å². The van der Waals surface area contributed by atoms with Crippen LogP contribution in [0.25, 0.3) is 11.5 Å². The first kappa shape index (κ1) is 21.1. The van der Waals surface area contributed by atoms with Crippen LogP contribution in [-0.4, -0.2) is 33.7 Å². The zero-order chi connectivity index (χ0) is 21.3. The van der Waals surface area contributed by atoms with E-state index in [1.165, 1.54) is 6.92 Å². The Morgan fingerprint density at radius 1 is 0.933 bits per heavy atom. The van der Waals surface area contributed by atoms with Crippen molar-refractivity contribution in [1.29, 1.82) is 0 Å². The summed E-state index contributed by atoms with van der Waals surface area (Å²) in [6, 6.07) is 16.1. The van der Waals surface area contributed by atoms with Crippen molar-refractivity contribution in [2.75, 3.05) is 11.1 Å². The third kappa shape index (κ3) is 6.45. The van der Waals surface area contributed by atoms with Crippen LogP contribution in [0.3, 0.4) is 0 Å². The molecule has 154 valence electrons.